The summed E-state index contributed by atoms with van der Waals surface area (Å²) in [7, 11) is 5.30. The second-order valence-electron chi connectivity index (χ2n) is 61.2. The van der Waals surface area contributed by atoms with Crippen LogP contribution in [0.5, 0.6) is 0 Å². The van der Waals surface area contributed by atoms with Gasteiger partial charge in [-0.05, 0) is 251 Å². The summed E-state index contributed by atoms with van der Waals surface area (Å²) in [6.45, 7) is 164. The lowest BCUT2D eigenvalue weighted by Gasteiger charge is -2.33. The first kappa shape index (κ1) is 190. The molecule has 912 valence electrons. The molecule has 146 heavy (non-hydrogen) atoms. The van der Waals surface area contributed by atoms with E-state index in [-0.39, 0.29) is 37.1 Å². The third-order valence-electron chi connectivity index (χ3n) is 30.6. The predicted molar refractivity (Wildman–Crippen MR) is 694 cm³/mol. The van der Waals surface area contributed by atoms with E-state index in [4.69, 9.17) is 28.4 Å². The van der Waals surface area contributed by atoms with Crippen molar-refractivity contribution < 1.29 is 28.4 Å². The van der Waals surface area contributed by atoms with Crippen LogP contribution in [0, 0.1) is 152 Å². The Labute approximate surface area is 942 Å². The molecule has 9 atom stereocenters. The van der Waals surface area contributed by atoms with Crippen LogP contribution in [0.3, 0.4) is 0 Å². The summed E-state index contributed by atoms with van der Waals surface area (Å²) in [5.41, 5.74) is 8.39. The number of hydrogen-bond acceptors (Lipinski definition) is 6. The van der Waals surface area contributed by atoms with Gasteiger partial charge in [-0.1, -0.05) is 588 Å². The number of hydrogen-bond donors (Lipinski definition) is 0. The minimum atomic E-state index is 0. The third-order valence-corrected chi connectivity index (χ3v) is 30.6. The van der Waals surface area contributed by atoms with Gasteiger partial charge in [0, 0.05) is 80.8 Å². The summed E-state index contributed by atoms with van der Waals surface area (Å²) >= 11 is 0. The second kappa shape index (κ2) is 102. The molecular formula is C140H316O6. The maximum atomic E-state index is 5.30. The standard InChI is InChI=1S/C13H28.C12H26O.2C11H24O.2C10H22O.C10H20.C9H20O.3C8H18.C7H16.C7H14.C6H14.C5H12.5CH4/c1-6-7-8-9-10-11-12(2)13(3,4)5;1-6-13-10-8-7-9-11(2)12(3,4)5;1-10(11(2,3)4)8-6-7-9-12-5;1-6-12-9-7-8-10(2)11(3,4)5;1-9(10(2,3)4)7-6-8-11-5;1-6-11-8-7-9(2)10(3,4)5;1-10(2,3)9-7-5-4-6-8-9;1-8(6-7-10-5)9(2,3)4;1-7(2)6-8(3,4)5;2*1-6-7(2)8(3,4)5;2*1-6(2)7(3,4)5;1-5-6(2,3)4;1-5(2,3)4;;;;;/h12H,6-11H2,1-5H3;11H,6-10H2,1-5H3;2*10H,6-9H2,1-5H3;2*9H,6-8H2,1-5H3;9H,4-8H2,1-3H3;8H,6-7H2,1-5H3;3*7H,6H2,1-5H3;6H,1-5H3;1H2,2-5H3;5H2,1-4H3;1-4H3;5*1H4. The summed E-state index contributed by atoms with van der Waals surface area (Å²) < 4.78 is 30.9. The Morgan fingerprint density at radius 1 is 0.260 bits per heavy atom. The van der Waals surface area contributed by atoms with Crippen LogP contribution in [0.1, 0.15) is 674 Å². The molecule has 1 rings (SSSR count). The fraction of sp³-hybridized carbons (Fsp3) is 0.986. The number of methoxy groups -OCH3 is 3. The summed E-state index contributed by atoms with van der Waals surface area (Å²) in [5, 5.41) is 0. The van der Waals surface area contributed by atoms with Crippen LogP contribution in [0.2, 0.25) is 0 Å². The Morgan fingerprint density at radius 3 is 0.644 bits per heavy atom. The number of ether oxygens (including phenoxy) is 6. The highest BCUT2D eigenvalue weighted by atomic mass is 16.5. The molecule has 1 fully saturated rings. The molecule has 9 unspecified atom stereocenters. The van der Waals surface area contributed by atoms with Gasteiger partial charge in [-0.25, -0.2) is 0 Å². The first-order chi connectivity index (χ1) is 62.8. The summed E-state index contributed by atoms with van der Waals surface area (Å²) in [6, 6.07) is 0. The number of allylic oxidation sites excluding steroid dienone is 1. The van der Waals surface area contributed by atoms with Gasteiger partial charge in [0.25, 0.3) is 0 Å². The van der Waals surface area contributed by atoms with Crippen LogP contribution in [0.25, 0.3) is 0 Å². The van der Waals surface area contributed by atoms with Crippen molar-refractivity contribution in [3.05, 3.63) is 12.2 Å². The minimum Gasteiger partial charge on any atom is -0.385 e. The van der Waals surface area contributed by atoms with Crippen LogP contribution in [0.15, 0.2) is 12.2 Å². The van der Waals surface area contributed by atoms with Crippen molar-refractivity contribution in [1.29, 1.82) is 0 Å². The van der Waals surface area contributed by atoms with E-state index in [0.717, 1.165) is 130 Å². The maximum Gasteiger partial charge on any atom is 0.0468 e. The zero-order valence-corrected chi connectivity index (χ0v) is 114. The molecule has 1 aliphatic rings. The predicted octanol–water partition coefficient (Wildman–Crippen LogP) is 50.6. The maximum absolute atomic E-state index is 5.30. The van der Waals surface area contributed by atoms with Crippen LogP contribution in [-0.4, -0.2) is 80.8 Å². The molecule has 0 bridgehead atoms. The Bertz CT molecular complexity index is 2360. The van der Waals surface area contributed by atoms with Crippen molar-refractivity contribution in [1.82, 2.24) is 0 Å². The van der Waals surface area contributed by atoms with Gasteiger partial charge in [0.15, 0.2) is 0 Å². The van der Waals surface area contributed by atoms with E-state index in [1.54, 1.807) is 21.3 Å². The fourth-order valence-corrected chi connectivity index (χ4v) is 11.9. The Hall–Kier alpha value is -0.500. The molecule has 0 saturated heterocycles. The zero-order chi connectivity index (χ0) is 116. The van der Waals surface area contributed by atoms with Crippen molar-refractivity contribution in [3.8, 4) is 0 Å². The number of unbranched alkanes of at least 4 members (excludes halogenated alkanes) is 6. The average Bonchev–Trinajstić information content (AvgIpc) is 0.868. The van der Waals surface area contributed by atoms with Gasteiger partial charge >= 0.3 is 0 Å². The summed E-state index contributed by atoms with van der Waals surface area (Å²) in [4.78, 5) is 0. The van der Waals surface area contributed by atoms with Gasteiger partial charge in [0.2, 0.25) is 0 Å². The van der Waals surface area contributed by atoms with Crippen molar-refractivity contribution in [2.24, 2.45) is 152 Å². The van der Waals surface area contributed by atoms with E-state index in [9.17, 15) is 0 Å². The van der Waals surface area contributed by atoms with E-state index in [2.05, 4.69) is 457 Å². The molecule has 6 heteroatoms. The van der Waals surface area contributed by atoms with Crippen LogP contribution < -0.4 is 0 Å². The molecule has 0 amide bonds. The first-order valence-corrected chi connectivity index (χ1v) is 59.7. The van der Waals surface area contributed by atoms with E-state index in [0.29, 0.717) is 81.2 Å². The Morgan fingerprint density at radius 2 is 0.466 bits per heavy atom. The monoisotopic (exact) mass is 2090 g/mol. The van der Waals surface area contributed by atoms with Crippen LogP contribution >= 0.6 is 0 Å². The number of rotatable bonds is 36. The second-order valence-corrected chi connectivity index (χ2v) is 61.2. The van der Waals surface area contributed by atoms with Gasteiger partial charge in [-0.2, -0.15) is 0 Å². The quantitative estimate of drug-likeness (QED) is 0.0460. The van der Waals surface area contributed by atoms with E-state index < -0.39 is 0 Å². The minimum absolute atomic E-state index is 0. The first-order valence-electron chi connectivity index (χ1n) is 59.7. The summed E-state index contributed by atoms with van der Waals surface area (Å²) in [6.07, 6.45) is 36.0. The molecule has 0 radical (unpaired) electrons. The Kier molecular flexibility index (Phi) is 133. The van der Waals surface area contributed by atoms with Gasteiger partial charge in [0.1, 0.15) is 0 Å². The van der Waals surface area contributed by atoms with Crippen molar-refractivity contribution >= 4 is 0 Å². The normalized spacial score (nSPS) is 14.4. The lowest BCUT2D eigenvalue weighted by molar-refractivity contribution is 0.112. The highest BCUT2D eigenvalue weighted by Crippen LogP contribution is 2.39. The topological polar surface area (TPSA) is 55.4 Å². The highest BCUT2D eigenvalue weighted by molar-refractivity contribution is 5.00. The average molecular weight is 2100 g/mol. The Balaban J connectivity index is -0.0000000699. The molecule has 0 aromatic carbocycles. The van der Waals surface area contributed by atoms with E-state index in [1.165, 1.54) is 179 Å². The molecule has 0 spiro atoms. The molecule has 0 N–H and O–H groups in total. The third kappa shape index (κ3) is 169. The van der Waals surface area contributed by atoms with Gasteiger partial charge in [-0.3, -0.25) is 0 Å². The molecule has 6 nitrogen and oxygen atoms in total. The van der Waals surface area contributed by atoms with Crippen LogP contribution in [0.4, 0.5) is 0 Å². The van der Waals surface area contributed by atoms with Crippen molar-refractivity contribution in [2.45, 2.75) is 674 Å². The van der Waals surface area contributed by atoms with Crippen LogP contribution in [-0.2, 0) is 28.4 Å². The molecule has 0 heterocycles. The smallest absolute Gasteiger partial charge is 0.0468 e. The van der Waals surface area contributed by atoms with E-state index >= 15 is 0 Å². The zero-order valence-electron chi connectivity index (χ0n) is 114. The highest BCUT2D eigenvalue weighted by Gasteiger charge is 2.28. The molecule has 0 aliphatic heterocycles. The molecule has 1 aliphatic carbocycles. The fourth-order valence-electron chi connectivity index (χ4n) is 11.9. The molecular weight excluding hydrogens is 1780 g/mol. The molecule has 1 saturated carbocycles. The van der Waals surface area contributed by atoms with Gasteiger partial charge in [0.05, 0.1) is 0 Å². The lowest BCUT2D eigenvalue weighted by Crippen LogP contribution is -2.22. The van der Waals surface area contributed by atoms with Gasteiger partial charge in [-0.15, -0.1) is 0 Å². The van der Waals surface area contributed by atoms with Gasteiger partial charge < -0.3 is 28.4 Å². The van der Waals surface area contributed by atoms with Crippen molar-refractivity contribution in [3.63, 3.8) is 0 Å². The van der Waals surface area contributed by atoms with Crippen molar-refractivity contribution in [2.75, 3.05) is 80.8 Å². The lowest BCUT2D eigenvalue weighted by atomic mass is 9.72. The largest absolute Gasteiger partial charge is 0.385 e. The summed E-state index contributed by atoms with van der Waals surface area (Å²) in [5.74, 6) is 9.91. The molecule has 0 aromatic heterocycles. The van der Waals surface area contributed by atoms with E-state index in [1.807, 2.05) is 13.8 Å². The molecule has 0 aromatic rings. The SMILES string of the molecule is C.C.C.C.C.C=C(C)C(C)(C)C.CC(C)(C)C.CC(C)(C)C1CCCCC1.CC(C)C(C)(C)C.CC(C)CC(C)(C)C.CCC(C)(C)C.CCC(C)C(C)(C)C.CCC(C)C(C)(C)C.CCCCCCCC(C)C(C)(C)C.CCOCCC(C)C(C)(C)C.CCOCCCC(C)C(C)(C)C.CCOCCCCC(C)C(C)(C)C.COCCC(C)C(C)(C)C.COCCCC(C)C(C)(C)C.COCCCCC(C)C(C)(C)C.